The van der Waals surface area contributed by atoms with Crippen molar-refractivity contribution in [1.82, 2.24) is 14.8 Å². The van der Waals surface area contributed by atoms with Crippen LogP contribution in [-0.2, 0) is 6.54 Å². The number of carbonyl (C=O) groups excluding carboxylic acids is 2. The number of hydrogen-bond donors (Lipinski definition) is 0. The summed E-state index contributed by atoms with van der Waals surface area (Å²) in [5.41, 5.74) is 5.90. The van der Waals surface area contributed by atoms with Crippen LogP contribution in [-0.4, -0.2) is 39.1 Å². The third-order valence-corrected chi connectivity index (χ3v) is 5.95. The van der Waals surface area contributed by atoms with E-state index >= 15 is 0 Å². The van der Waals surface area contributed by atoms with Crippen LogP contribution in [0.25, 0.3) is 0 Å². The first-order valence-corrected chi connectivity index (χ1v) is 10.4. The van der Waals surface area contributed by atoms with Gasteiger partial charge in [0.1, 0.15) is 0 Å². The Labute approximate surface area is 181 Å². The van der Waals surface area contributed by atoms with Gasteiger partial charge >= 0.3 is 6.01 Å². The van der Waals surface area contributed by atoms with Gasteiger partial charge < -0.3 is 9.64 Å². The van der Waals surface area contributed by atoms with Gasteiger partial charge in [-0.15, -0.1) is 5.10 Å². The van der Waals surface area contributed by atoms with Crippen molar-refractivity contribution in [2.45, 2.75) is 47.3 Å². The van der Waals surface area contributed by atoms with Gasteiger partial charge in [-0.05, 0) is 75.1 Å². The van der Waals surface area contributed by atoms with Gasteiger partial charge in [-0.1, -0.05) is 23.3 Å². The lowest BCUT2D eigenvalue weighted by molar-refractivity contribution is 0.0793. The molecule has 160 valence electrons. The Balaban J connectivity index is 1.53. The summed E-state index contributed by atoms with van der Waals surface area (Å²) in [5.74, 6) is -0.158. The van der Waals surface area contributed by atoms with E-state index in [0.29, 0.717) is 18.7 Å². The van der Waals surface area contributed by atoms with Gasteiger partial charge in [-0.25, -0.2) is 0 Å². The molecule has 1 aliphatic heterocycles. The van der Waals surface area contributed by atoms with Crippen molar-refractivity contribution in [1.29, 1.82) is 0 Å². The van der Waals surface area contributed by atoms with Crippen LogP contribution in [0.15, 0.2) is 36.4 Å². The number of benzene rings is 2. The minimum Gasteiger partial charge on any atom is -0.452 e. The van der Waals surface area contributed by atoms with Crippen LogP contribution in [0.1, 0.15) is 50.2 Å². The highest BCUT2D eigenvalue weighted by atomic mass is 16.5. The van der Waals surface area contributed by atoms with E-state index in [-0.39, 0.29) is 23.5 Å². The van der Waals surface area contributed by atoms with Gasteiger partial charge in [0.05, 0.1) is 0 Å². The van der Waals surface area contributed by atoms with Gasteiger partial charge in [-0.2, -0.15) is 0 Å². The first-order chi connectivity index (χ1) is 14.8. The van der Waals surface area contributed by atoms with Gasteiger partial charge in [0.15, 0.2) is 6.10 Å². The Morgan fingerprint density at radius 3 is 2.29 bits per heavy atom. The number of anilines is 1. The van der Waals surface area contributed by atoms with Crippen LogP contribution >= 0.6 is 0 Å². The number of ketones is 1. The number of hydrogen-bond acceptors (Lipinski definition) is 5. The van der Waals surface area contributed by atoms with Crippen LogP contribution < -0.4 is 9.64 Å². The Kier molecular flexibility index (Phi) is 5.35. The second-order valence-corrected chi connectivity index (χ2v) is 8.11. The maximum Gasteiger partial charge on any atom is 0.318 e. The van der Waals surface area contributed by atoms with Crippen molar-refractivity contribution >= 4 is 17.4 Å². The zero-order valence-corrected chi connectivity index (χ0v) is 18.5. The minimum atomic E-state index is -0.747. The van der Waals surface area contributed by atoms with Gasteiger partial charge in [0, 0.05) is 24.3 Å². The zero-order valence-electron chi connectivity index (χ0n) is 18.5. The molecule has 1 atom stereocenters. The molecule has 7 nitrogen and oxygen atoms in total. The predicted octanol–water partition coefficient (Wildman–Crippen LogP) is 3.82. The van der Waals surface area contributed by atoms with Crippen molar-refractivity contribution in [3.63, 3.8) is 0 Å². The molecule has 0 fully saturated rings. The first-order valence-electron chi connectivity index (χ1n) is 10.4. The molecule has 1 unspecified atom stereocenters. The Morgan fingerprint density at radius 1 is 0.935 bits per heavy atom. The van der Waals surface area contributed by atoms with Crippen molar-refractivity contribution in [3.8, 4) is 6.01 Å². The highest BCUT2D eigenvalue weighted by molar-refractivity contribution is 6.04. The number of nitrogens with zero attached hydrogens (tertiary/aromatic N) is 4. The van der Waals surface area contributed by atoms with Gasteiger partial charge in [0.25, 0.3) is 5.91 Å². The zero-order chi connectivity index (χ0) is 22.3. The summed E-state index contributed by atoms with van der Waals surface area (Å²) >= 11 is 0. The van der Waals surface area contributed by atoms with Crippen molar-refractivity contribution < 1.29 is 14.3 Å². The average Bonchev–Trinajstić information content (AvgIpc) is 3.15. The molecule has 4 rings (SSSR count). The van der Waals surface area contributed by atoms with Crippen LogP contribution in [0.5, 0.6) is 6.01 Å². The second-order valence-electron chi connectivity index (χ2n) is 8.11. The molecule has 0 saturated carbocycles. The second kappa shape index (κ2) is 7.98. The molecule has 1 aliphatic rings. The maximum atomic E-state index is 13.0. The monoisotopic (exact) mass is 418 g/mol. The fourth-order valence-corrected chi connectivity index (χ4v) is 3.64. The van der Waals surface area contributed by atoms with E-state index in [1.165, 1.54) is 5.56 Å². The third kappa shape index (κ3) is 3.83. The first kappa shape index (κ1) is 20.8. The summed E-state index contributed by atoms with van der Waals surface area (Å²) in [6.45, 7) is 10.7. The van der Waals surface area contributed by atoms with Crippen LogP contribution in [0.4, 0.5) is 5.69 Å². The van der Waals surface area contributed by atoms with Gasteiger partial charge in [0.2, 0.25) is 11.6 Å². The largest absolute Gasteiger partial charge is 0.452 e. The Hall–Kier alpha value is -3.48. The lowest BCUT2D eigenvalue weighted by Gasteiger charge is -2.28. The van der Waals surface area contributed by atoms with Crippen LogP contribution in [0.3, 0.4) is 0 Å². The van der Waals surface area contributed by atoms with Crippen molar-refractivity contribution in [2.75, 3.05) is 11.4 Å². The van der Waals surface area contributed by atoms with Crippen molar-refractivity contribution in [2.24, 2.45) is 0 Å². The number of aryl methyl sites for hydroxylation is 4. The van der Waals surface area contributed by atoms with Crippen LogP contribution in [0, 0.1) is 27.7 Å². The summed E-state index contributed by atoms with van der Waals surface area (Å²) in [6.07, 6.45) is -0.747. The summed E-state index contributed by atoms with van der Waals surface area (Å²) in [7, 11) is 0. The summed E-state index contributed by atoms with van der Waals surface area (Å²) in [6, 6.07) is 11.7. The molecule has 1 aromatic heterocycles. The summed E-state index contributed by atoms with van der Waals surface area (Å²) in [4.78, 5) is 27.5. The maximum absolute atomic E-state index is 13.0. The molecule has 3 aromatic rings. The van der Waals surface area contributed by atoms with Gasteiger partial charge in [-0.3, -0.25) is 14.2 Å². The number of carbonyl (C=O) groups is 2. The molecule has 31 heavy (non-hydrogen) atoms. The number of Topliss-reactive ketones (excluding diaryl/α,β-unsaturated/α-hetero) is 1. The molecular formula is C24H26N4O3. The minimum absolute atomic E-state index is 0.139. The SMILES string of the molecule is Cc1ccc(C(=O)C(C)Oc2nnc3n2CCN(c2ccc(C)c(C)c2)C3=O)cc1C. The number of fused-ring (bicyclic) bond motifs is 1. The molecule has 0 saturated heterocycles. The molecule has 2 aromatic carbocycles. The van der Waals surface area contributed by atoms with E-state index in [1.807, 2.05) is 58.0 Å². The highest BCUT2D eigenvalue weighted by Gasteiger charge is 2.32. The van der Waals surface area contributed by atoms with E-state index in [2.05, 4.69) is 10.2 Å². The summed E-state index contributed by atoms with van der Waals surface area (Å²) < 4.78 is 7.48. The number of ether oxygens (including phenoxy) is 1. The molecule has 0 spiro atoms. The van der Waals surface area contributed by atoms with E-state index in [4.69, 9.17) is 4.74 Å². The molecule has 0 N–H and O–H groups in total. The lowest BCUT2D eigenvalue weighted by Crippen LogP contribution is -2.41. The number of rotatable bonds is 5. The molecule has 0 aliphatic carbocycles. The molecule has 0 bridgehead atoms. The highest BCUT2D eigenvalue weighted by Crippen LogP contribution is 2.25. The topological polar surface area (TPSA) is 77.3 Å². The summed E-state index contributed by atoms with van der Waals surface area (Å²) in [5, 5.41) is 8.10. The lowest BCUT2D eigenvalue weighted by atomic mass is 10.0. The smallest absolute Gasteiger partial charge is 0.318 e. The molecule has 7 heteroatoms. The van der Waals surface area contributed by atoms with Crippen molar-refractivity contribution in [3.05, 3.63) is 70.0 Å². The standard InChI is InChI=1S/C24H26N4O3/c1-14-6-8-19(12-16(14)3)21(29)18(5)31-24-26-25-22-23(30)27(10-11-28(22)24)20-9-7-15(2)17(4)13-20/h6-9,12-13,18H,10-11H2,1-5H3. The van der Waals surface area contributed by atoms with E-state index in [1.54, 1.807) is 22.5 Å². The fraction of sp³-hybridized carbons (Fsp3) is 0.333. The fourth-order valence-electron chi connectivity index (χ4n) is 3.64. The average molecular weight is 418 g/mol. The van der Waals surface area contributed by atoms with E-state index in [9.17, 15) is 9.59 Å². The predicted molar refractivity (Wildman–Crippen MR) is 118 cm³/mol. The molecule has 0 radical (unpaired) electrons. The molecule has 2 heterocycles. The van der Waals surface area contributed by atoms with E-state index in [0.717, 1.165) is 22.4 Å². The van der Waals surface area contributed by atoms with E-state index < -0.39 is 6.10 Å². The molecular weight excluding hydrogens is 392 g/mol. The third-order valence-electron chi connectivity index (χ3n) is 5.95. The number of amides is 1. The quantitative estimate of drug-likeness (QED) is 0.589. The number of aromatic nitrogens is 3. The van der Waals surface area contributed by atoms with Crippen LogP contribution in [0.2, 0.25) is 0 Å². The molecule has 1 amide bonds. The Bertz CT molecular complexity index is 1180. The Morgan fingerprint density at radius 2 is 1.61 bits per heavy atom. The normalized spacial score (nSPS) is 14.4.